The first-order valence-corrected chi connectivity index (χ1v) is 6.47. The highest BCUT2D eigenvalue weighted by Gasteiger charge is 2.03. The minimum Gasteiger partial charge on any atom is -0.492 e. The van der Waals surface area contributed by atoms with E-state index < -0.39 is 0 Å². The summed E-state index contributed by atoms with van der Waals surface area (Å²) >= 11 is 0. The van der Waals surface area contributed by atoms with Gasteiger partial charge in [-0.05, 0) is 25.1 Å². The number of para-hydroxylation sites is 1. The van der Waals surface area contributed by atoms with Crippen LogP contribution in [0.5, 0.6) is 5.75 Å². The Morgan fingerprint density at radius 1 is 1.12 bits per heavy atom. The molecule has 0 heterocycles. The summed E-state index contributed by atoms with van der Waals surface area (Å²) < 4.78 is 5.68. The molecule has 17 heavy (non-hydrogen) atoms. The molecule has 0 saturated carbocycles. The molecule has 0 fully saturated rings. The topological polar surface area (TPSA) is 38.5 Å². The van der Waals surface area contributed by atoms with Crippen molar-refractivity contribution in [3.05, 3.63) is 30.3 Å². The van der Waals surface area contributed by atoms with Crippen LogP contribution in [0.3, 0.4) is 0 Å². The molecule has 0 aliphatic rings. The van der Waals surface area contributed by atoms with E-state index in [-0.39, 0.29) is 0 Å². The normalized spacial score (nSPS) is 10.8. The summed E-state index contributed by atoms with van der Waals surface area (Å²) in [5.74, 6) is 0.940. The molecule has 0 aliphatic carbocycles. The van der Waals surface area contributed by atoms with Crippen molar-refractivity contribution in [1.82, 2.24) is 4.90 Å². The highest BCUT2D eigenvalue weighted by Crippen LogP contribution is 2.08. The molecule has 0 atom stereocenters. The van der Waals surface area contributed by atoms with Crippen LogP contribution in [0.1, 0.15) is 19.8 Å². The minimum atomic E-state index is 0.717. The smallest absolute Gasteiger partial charge is 0.119 e. The third-order valence-corrected chi connectivity index (χ3v) is 2.69. The fraction of sp³-hybridized carbons (Fsp3) is 0.571. The van der Waals surface area contributed by atoms with Gasteiger partial charge >= 0.3 is 0 Å². The Kier molecular flexibility index (Phi) is 7.43. The van der Waals surface area contributed by atoms with Crippen molar-refractivity contribution >= 4 is 0 Å². The maximum atomic E-state index is 5.68. The van der Waals surface area contributed by atoms with Gasteiger partial charge in [0.15, 0.2) is 0 Å². The Morgan fingerprint density at radius 2 is 1.88 bits per heavy atom. The Bertz CT molecular complexity index is 277. The highest BCUT2D eigenvalue weighted by atomic mass is 16.5. The number of hydrogen-bond acceptors (Lipinski definition) is 3. The Labute approximate surface area is 105 Å². The fourth-order valence-corrected chi connectivity index (χ4v) is 1.71. The van der Waals surface area contributed by atoms with Gasteiger partial charge in [-0.2, -0.15) is 0 Å². The zero-order valence-corrected chi connectivity index (χ0v) is 10.8. The van der Waals surface area contributed by atoms with Crippen LogP contribution in [-0.4, -0.2) is 37.7 Å². The molecule has 0 unspecified atom stereocenters. The molecule has 1 aromatic carbocycles. The summed E-state index contributed by atoms with van der Waals surface area (Å²) in [5, 5.41) is 0. The van der Waals surface area contributed by atoms with E-state index in [0.29, 0.717) is 0 Å². The monoisotopic (exact) mass is 236 g/mol. The zero-order valence-electron chi connectivity index (χ0n) is 10.8. The zero-order chi connectivity index (χ0) is 12.3. The molecule has 0 aromatic heterocycles. The van der Waals surface area contributed by atoms with Crippen molar-refractivity contribution in [2.24, 2.45) is 5.73 Å². The molecular weight excluding hydrogens is 212 g/mol. The lowest BCUT2D eigenvalue weighted by Gasteiger charge is -2.21. The van der Waals surface area contributed by atoms with Gasteiger partial charge in [-0.3, -0.25) is 4.90 Å². The van der Waals surface area contributed by atoms with Crippen molar-refractivity contribution in [2.45, 2.75) is 19.8 Å². The van der Waals surface area contributed by atoms with Crippen LogP contribution >= 0.6 is 0 Å². The summed E-state index contributed by atoms with van der Waals surface area (Å²) in [6, 6.07) is 9.95. The van der Waals surface area contributed by atoms with Crippen molar-refractivity contribution < 1.29 is 4.74 Å². The van der Waals surface area contributed by atoms with Crippen LogP contribution < -0.4 is 10.5 Å². The van der Waals surface area contributed by atoms with Crippen molar-refractivity contribution in [1.29, 1.82) is 0 Å². The molecule has 0 spiro atoms. The molecule has 0 amide bonds. The van der Waals surface area contributed by atoms with Gasteiger partial charge in [-0.1, -0.05) is 31.5 Å². The third kappa shape index (κ3) is 6.29. The third-order valence-electron chi connectivity index (χ3n) is 2.69. The number of hydrogen-bond donors (Lipinski definition) is 1. The Hall–Kier alpha value is -1.06. The average molecular weight is 236 g/mol. The molecule has 0 aliphatic heterocycles. The molecule has 1 rings (SSSR count). The summed E-state index contributed by atoms with van der Waals surface area (Å²) in [6.07, 6.45) is 2.45. The first-order valence-electron chi connectivity index (χ1n) is 6.47. The Morgan fingerprint density at radius 3 is 2.53 bits per heavy atom. The van der Waals surface area contributed by atoms with Crippen LogP contribution in [-0.2, 0) is 0 Å². The van der Waals surface area contributed by atoms with Crippen molar-refractivity contribution in [3.8, 4) is 5.75 Å². The second-order valence-corrected chi connectivity index (χ2v) is 4.15. The van der Waals surface area contributed by atoms with Gasteiger partial charge in [0.05, 0.1) is 0 Å². The number of nitrogens with two attached hydrogens (primary N) is 1. The lowest BCUT2D eigenvalue weighted by molar-refractivity contribution is 0.210. The van der Waals surface area contributed by atoms with E-state index in [9.17, 15) is 0 Å². The maximum absolute atomic E-state index is 5.68. The van der Waals surface area contributed by atoms with E-state index >= 15 is 0 Å². The van der Waals surface area contributed by atoms with Gasteiger partial charge in [0.1, 0.15) is 12.4 Å². The molecule has 0 saturated heterocycles. The standard InChI is InChI=1S/C14H24N2O/c1-2-3-10-16(11-9-15)12-13-17-14-7-5-4-6-8-14/h4-8H,2-3,9-13,15H2,1H3. The van der Waals surface area contributed by atoms with E-state index in [1.54, 1.807) is 0 Å². The number of rotatable bonds is 9. The molecule has 0 radical (unpaired) electrons. The van der Waals surface area contributed by atoms with Crippen molar-refractivity contribution in [2.75, 3.05) is 32.8 Å². The highest BCUT2D eigenvalue weighted by molar-refractivity contribution is 5.20. The van der Waals surface area contributed by atoms with Crippen molar-refractivity contribution in [3.63, 3.8) is 0 Å². The SMILES string of the molecule is CCCCN(CCN)CCOc1ccccc1. The predicted molar refractivity (Wildman–Crippen MR) is 72.3 cm³/mol. The van der Waals surface area contributed by atoms with Crippen LogP contribution in [0, 0.1) is 0 Å². The largest absolute Gasteiger partial charge is 0.492 e. The summed E-state index contributed by atoms with van der Waals surface area (Å²) in [5.41, 5.74) is 5.60. The molecular formula is C14H24N2O. The van der Waals surface area contributed by atoms with Gasteiger partial charge < -0.3 is 10.5 Å². The molecule has 3 nitrogen and oxygen atoms in total. The first kappa shape index (κ1) is 14.0. The molecule has 3 heteroatoms. The number of unbranched alkanes of at least 4 members (excludes halogenated alkanes) is 1. The van der Waals surface area contributed by atoms with Crippen LogP contribution in [0.25, 0.3) is 0 Å². The van der Waals surface area contributed by atoms with E-state index in [1.807, 2.05) is 30.3 Å². The van der Waals surface area contributed by atoms with Gasteiger partial charge in [0, 0.05) is 19.6 Å². The lowest BCUT2D eigenvalue weighted by atomic mass is 10.3. The summed E-state index contributed by atoms with van der Waals surface area (Å²) in [6.45, 7) is 6.68. The van der Waals surface area contributed by atoms with Crippen LogP contribution in [0.2, 0.25) is 0 Å². The average Bonchev–Trinajstić information content (AvgIpc) is 2.37. The number of nitrogens with zero attached hydrogens (tertiary/aromatic N) is 1. The van der Waals surface area contributed by atoms with Crippen LogP contribution in [0.4, 0.5) is 0 Å². The van der Waals surface area contributed by atoms with Gasteiger partial charge in [-0.15, -0.1) is 0 Å². The first-order chi connectivity index (χ1) is 8.36. The predicted octanol–water partition coefficient (Wildman–Crippen LogP) is 2.13. The summed E-state index contributed by atoms with van der Waals surface area (Å²) in [7, 11) is 0. The van der Waals surface area contributed by atoms with E-state index in [1.165, 1.54) is 12.8 Å². The lowest BCUT2D eigenvalue weighted by Crippen LogP contribution is -2.33. The minimum absolute atomic E-state index is 0.717. The molecule has 2 N–H and O–H groups in total. The second-order valence-electron chi connectivity index (χ2n) is 4.15. The van der Waals surface area contributed by atoms with Gasteiger partial charge in [0.2, 0.25) is 0 Å². The molecule has 96 valence electrons. The van der Waals surface area contributed by atoms with Gasteiger partial charge in [-0.25, -0.2) is 0 Å². The second kappa shape index (κ2) is 9.02. The van der Waals surface area contributed by atoms with E-state index in [2.05, 4.69) is 11.8 Å². The summed E-state index contributed by atoms with van der Waals surface area (Å²) in [4.78, 5) is 2.37. The van der Waals surface area contributed by atoms with E-state index in [4.69, 9.17) is 10.5 Å². The number of benzene rings is 1. The maximum Gasteiger partial charge on any atom is 0.119 e. The molecule has 1 aromatic rings. The Balaban J connectivity index is 2.22. The molecule has 0 bridgehead atoms. The van der Waals surface area contributed by atoms with E-state index in [0.717, 1.165) is 38.5 Å². The van der Waals surface area contributed by atoms with Gasteiger partial charge in [0.25, 0.3) is 0 Å². The fourth-order valence-electron chi connectivity index (χ4n) is 1.71. The van der Waals surface area contributed by atoms with Crippen LogP contribution in [0.15, 0.2) is 30.3 Å². The quantitative estimate of drug-likeness (QED) is 0.714. The number of ether oxygens (including phenoxy) is 1.